The number of carbonyl (C=O) groups is 3. The van der Waals surface area contributed by atoms with Gasteiger partial charge in [-0.2, -0.15) is 13.2 Å². The molecular formula is C19H19F3N2O4. The standard InChI is InChI=1S/C19H19F3N2O4/c1-10-13(9-14(28-10)15(25)17(27)24-18(2,3)4)16(26)23-12-7-5-11(6-8-12)19(20,21)22/h5-9H,1-4H3,(H,23,26)(H,24,27). The number of nitrogens with one attached hydrogen (secondary N) is 2. The average molecular weight is 396 g/mol. The first-order valence-electron chi connectivity index (χ1n) is 8.24. The Morgan fingerprint density at radius 1 is 1.00 bits per heavy atom. The van der Waals surface area contributed by atoms with Gasteiger partial charge in [0.05, 0.1) is 11.1 Å². The second-order valence-corrected chi connectivity index (χ2v) is 7.14. The molecule has 2 N–H and O–H groups in total. The van der Waals surface area contributed by atoms with Gasteiger partial charge in [0.2, 0.25) is 0 Å². The van der Waals surface area contributed by atoms with E-state index in [1.165, 1.54) is 6.92 Å². The number of aryl methyl sites for hydroxylation is 1. The second kappa shape index (κ2) is 7.49. The lowest BCUT2D eigenvalue weighted by atomic mass is 10.1. The van der Waals surface area contributed by atoms with Crippen LogP contribution in [0.1, 0.15) is 53.0 Å². The zero-order chi connectivity index (χ0) is 21.3. The molecule has 2 aromatic rings. The second-order valence-electron chi connectivity index (χ2n) is 7.14. The highest BCUT2D eigenvalue weighted by Crippen LogP contribution is 2.30. The van der Waals surface area contributed by atoms with Crippen molar-refractivity contribution in [2.75, 3.05) is 5.32 Å². The van der Waals surface area contributed by atoms with Crippen LogP contribution in [0.25, 0.3) is 0 Å². The Hall–Kier alpha value is -3.10. The van der Waals surface area contributed by atoms with Gasteiger partial charge in [-0.1, -0.05) is 0 Å². The van der Waals surface area contributed by atoms with Crippen LogP contribution >= 0.6 is 0 Å². The Bertz CT molecular complexity index is 907. The molecule has 0 unspecified atom stereocenters. The molecule has 0 bridgehead atoms. The van der Waals surface area contributed by atoms with Crippen molar-refractivity contribution in [3.8, 4) is 0 Å². The molecule has 28 heavy (non-hydrogen) atoms. The van der Waals surface area contributed by atoms with E-state index in [4.69, 9.17) is 4.42 Å². The quantitative estimate of drug-likeness (QED) is 0.605. The lowest BCUT2D eigenvalue weighted by Crippen LogP contribution is -2.44. The van der Waals surface area contributed by atoms with Crippen molar-refractivity contribution in [2.45, 2.75) is 39.4 Å². The smallest absolute Gasteiger partial charge is 0.416 e. The molecule has 150 valence electrons. The predicted octanol–water partition coefficient (Wildman–Crippen LogP) is 3.96. The van der Waals surface area contributed by atoms with Crippen LogP contribution < -0.4 is 10.6 Å². The number of hydrogen-bond acceptors (Lipinski definition) is 4. The third-order valence-electron chi connectivity index (χ3n) is 3.55. The monoisotopic (exact) mass is 396 g/mol. The van der Waals surface area contributed by atoms with E-state index in [9.17, 15) is 27.6 Å². The van der Waals surface area contributed by atoms with Gasteiger partial charge in [-0.3, -0.25) is 14.4 Å². The minimum atomic E-state index is -4.48. The SMILES string of the molecule is Cc1oc(C(=O)C(=O)NC(C)(C)C)cc1C(=O)Nc1ccc(C(F)(F)F)cc1. The van der Waals surface area contributed by atoms with Crippen LogP contribution in [0.5, 0.6) is 0 Å². The fraction of sp³-hybridized carbons (Fsp3) is 0.316. The number of alkyl halides is 3. The van der Waals surface area contributed by atoms with Gasteiger partial charge in [-0.25, -0.2) is 0 Å². The largest absolute Gasteiger partial charge is 0.457 e. The van der Waals surface area contributed by atoms with E-state index in [1.807, 2.05) is 0 Å². The molecule has 0 fully saturated rings. The molecule has 2 rings (SSSR count). The van der Waals surface area contributed by atoms with Gasteiger partial charge >= 0.3 is 6.18 Å². The van der Waals surface area contributed by atoms with Crippen molar-refractivity contribution in [3.63, 3.8) is 0 Å². The topological polar surface area (TPSA) is 88.4 Å². The molecule has 1 aromatic carbocycles. The Balaban J connectivity index is 2.15. The number of amides is 2. The van der Waals surface area contributed by atoms with Crippen molar-refractivity contribution in [1.82, 2.24) is 5.32 Å². The van der Waals surface area contributed by atoms with Crippen LogP contribution in [-0.4, -0.2) is 23.1 Å². The maximum Gasteiger partial charge on any atom is 0.416 e. The van der Waals surface area contributed by atoms with Crippen molar-refractivity contribution < 1.29 is 32.0 Å². The number of Topliss-reactive ketones (excluding diaryl/α,β-unsaturated/α-hetero) is 1. The number of carbonyl (C=O) groups excluding carboxylic acids is 3. The summed E-state index contributed by atoms with van der Waals surface area (Å²) in [6, 6.07) is 5.02. The van der Waals surface area contributed by atoms with E-state index in [-0.39, 0.29) is 22.8 Å². The Morgan fingerprint density at radius 2 is 1.57 bits per heavy atom. The van der Waals surface area contributed by atoms with Gasteiger partial charge in [0.1, 0.15) is 5.76 Å². The fourth-order valence-corrected chi connectivity index (χ4v) is 2.27. The zero-order valence-electron chi connectivity index (χ0n) is 15.7. The third kappa shape index (κ3) is 5.21. The highest BCUT2D eigenvalue weighted by molar-refractivity contribution is 6.42. The summed E-state index contributed by atoms with van der Waals surface area (Å²) in [5, 5.41) is 4.91. The number of ketones is 1. The molecular weight excluding hydrogens is 377 g/mol. The van der Waals surface area contributed by atoms with Gasteiger partial charge in [-0.15, -0.1) is 0 Å². The molecule has 2 amide bonds. The van der Waals surface area contributed by atoms with E-state index >= 15 is 0 Å². The molecule has 9 heteroatoms. The summed E-state index contributed by atoms with van der Waals surface area (Å²) in [4.78, 5) is 36.4. The van der Waals surface area contributed by atoms with Crippen LogP contribution in [0.4, 0.5) is 18.9 Å². The minimum absolute atomic E-state index is 0.00759. The van der Waals surface area contributed by atoms with Gasteiger partial charge < -0.3 is 15.1 Å². The lowest BCUT2D eigenvalue weighted by Gasteiger charge is -2.19. The van der Waals surface area contributed by atoms with Crippen molar-refractivity contribution in [2.24, 2.45) is 0 Å². The summed E-state index contributed by atoms with van der Waals surface area (Å²) < 4.78 is 43.0. The zero-order valence-corrected chi connectivity index (χ0v) is 15.7. The van der Waals surface area contributed by atoms with E-state index in [0.29, 0.717) is 0 Å². The first-order valence-corrected chi connectivity index (χ1v) is 8.24. The van der Waals surface area contributed by atoms with Gasteiger partial charge in [0.25, 0.3) is 17.6 Å². The molecule has 0 aliphatic rings. The number of halogens is 3. The normalized spacial score (nSPS) is 11.8. The summed E-state index contributed by atoms with van der Waals surface area (Å²) in [5.41, 5.74) is -1.34. The first-order chi connectivity index (χ1) is 12.8. The van der Waals surface area contributed by atoms with E-state index in [2.05, 4.69) is 10.6 Å². The molecule has 0 saturated heterocycles. The number of anilines is 1. The first kappa shape index (κ1) is 21.2. The Kier molecular flexibility index (Phi) is 5.67. The minimum Gasteiger partial charge on any atom is -0.457 e. The molecule has 1 heterocycles. The lowest BCUT2D eigenvalue weighted by molar-refractivity contribution is -0.137. The van der Waals surface area contributed by atoms with Crippen LogP contribution in [0, 0.1) is 6.92 Å². The molecule has 0 aliphatic carbocycles. The van der Waals surface area contributed by atoms with Gasteiger partial charge in [0.15, 0.2) is 5.76 Å². The highest BCUT2D eigenvalue weighted by Gasteiger charge is 2.30. The van der Waals surface area contributed by atoms with Gasteiger partial charge in [-0.05, 0) is 52.0 Å². The highest BCUT2D eigenvalue weighted by atomic mass is 19.4. The number of furan rings is 1. The van der Waals surface area contributed by atoms with Crippen molar-refractivity contribution >= 4 is 23.3 Å². The van der Waals surface area contributed by atoms with E-state index in [1.54, 1.807) is 20.8 Å². The summed E-state index contributed by atoms with van der Waals surface area (Å²) in [5.74, 6) is -2.72. The molecule has 0 atom stereocenters. The maximum atomic E-state index is 12.6. The fourth-order valence-electron chi connectivity index (χ4n) is 2.27. The molecule has 0 aliphatic heterocycles. The maximum absolute atomic E-state index is 12.6. The van der Waals surface area contributed by atoms with Crippen molar-refractivity contribution in [3.05, 3.63) is 53.0 Å². The third-order valence-corrected chi connectivity index (χ3v) is 3.55. The van der Waals surface area contributed by atoms with Crippen LogP contribution in [-0.2, 0) is 11.0 Å². The number of hydrogen-bond donors (Lipinski definition) is 2. The summed E-state index contributed by atoms with van der Waals surface area (Å²) >= 11 is 0. The van der Waals surface area contributed by atoms with E-state index in [0.717, 1.165) is 30.3 Å². The van der Waals surface area contributed by atoms with Crippen LogP contribution in [0.15, 0.2) is 34.7 Å². The summed E-state index contributed by atoms with van der Waals surface area (Å²) in [7, 11) is 0. The summed E-state index contributed by atoms with van der Waals surface area (Å²) in [6.07, 6.45) is -4.48. The van der Waals surface area contributed by atoms with Crippen molar-refractivity contribution in [1.29, 1.82) is 0 Å². The number of benzene rings is 1. The molecule has 0 saturated carbocycles. The molecule has 0 spiro atoms. The Labute approximate surface area is 159 Å². The molecule has 6 nitrogen and oxygen atoms in total. The molecule has 0 radical (unpaired) electrons. The Morgan fingerprint density at radius 3 is 2.07 bits per heavy atom. The van der Waals surface area contributed by atoms with Crippen LogP contribution in [0.3, 0.4) is 0 Å². The average Bonchev–Trinajstić information content (AvgIpc) is 2.94. The van der Waals surface area contributed by atoms with Gasteiger partial charge in [0, 0.05) is 17.3 Å². The van der Waals surface area contributed by atoms with E-state index < -0.39 is 34.9 Å². The number of rotatable bonds is 4. The van der Waals surface area contributed by atoms with Crippen LogP contribution in [0.2, 0.25) is 0 Å². The summed E-state index contributed by atoms with van der Waals surface area (Å²) in [6.45, 7) is 6.54. The molecule has 1 aromatic heterocycles. The predicted molar refractivity (Wildman–Crippen MR) is 95.1 cm³/mol.